The van der Waals surface area contributed by atoms with Crippen molar-refractivity contribution in [3.8, 4) is 0 Å². The molecule has 0 atom stereocenters. The lowest BCUT2D eigenvalue weighted by Crippen LogP contribution is -2.18. The van der Waals surface area contributed by atoms with Gasteiger partial charge in [-0.2, -0.15) is 0 Å². The number of carboxylic acid groups (broad SMARTS) is 1. The van der Waals surface area contributed by atoms with Gasteiger partial charge in [-0.05, 0) is 18.6 Å². The standard InChI is InChI=1S/C13H18N2O2/c1-2-11(13(16)17)6-9-14-10-7-12-5-3-4-8-15-12/h3-6,8,14H,2,7,9-10H2,1H3,(H,16,17)/b11-6-. The first kappa shape index (κ1) is 13.4. The van der Waals surface area contributed by atoms with Gasteiger partial charge in [-0.3, -0.25) is 4.98 Å². The molecular weight excluding hydrogens is 216 g/mol. The van der Waals surface area contributed by atoms with E-state index in [1.54, 1.807) is 12.3 Å². The number of carboxylic acids is 1. The largest absolute Gasteiger partial charge is 0.478 e. The summed E-state index contributed by atoms with van der Waals surface area (Å²) in [6.45, 7) is 3.22. The van der Waals surface area contributed by atoms with E-state index >= 15 is 0 Å². The molecule has 4 heteroatoms. The quantitative estimate of drug-likeness (QED) is 0.556. The molecule has 4 nitrogen and oxygen atoms in total. The first-order chi connectivity index (χ1) is 8.24. The zero-order valence-electron chi connectivity index (χ0n) is 10.0. The topological polar surface area (TPSA) is 62.2 Å². The van der Waals surface area contributed by atoms with Crippen LogP contribution in [0.1, 0.15) is 19.0 Å². The van der Waals surface area contributed by atoms with Crippen molar-refractivity contribution in [2.75, 3.05) is 13.1 Å². The van der Waals surface area contributed by atoms with Gasteiger partial charge in [-0.1, -0.05) is 19.1 Å². The highest BCUT2D eigenvalue weighted by Crippen LogP contribution is 1.99. The summed E-state index contributed by atoms with van der Waals surface area (Å²) in [5, 5.41) is 12.0. The van der Waals surface area contributed by atoms with Crippen LogP contribution in [0.4, 0.5) is 0 Å². The lowest BCUT2D eigenvalue weighted by Gasteiger charge is -2.02. The van der Waals surface area contributed by atoms with E-state index in [9.17, 15) is 4.79 Å². The number of nitrogens with one attached hydrogen (secondary N) is 1. The molecule has 0 unspecified atom stereocenters. The van der Waals surface area contributed by atoms with Crippen LogP contribution in [-0.2, 0) is 11.2 Å². The average Bonchev–Trinajstić information content (AvgIpc) is 2.34. The molecule has 1 rings (SSSR count). The maximum atomic E-state index is 10.7. The van der Waals surface area contributed by atoms with Crippen LogP contribution in [0.3, 0.4) is 0 Å². The molecule has 17 heavy (non-hydrogen) atoms. The van der Waals surface area contributed by atoms with Gasteiger partial charge in [-0.25, -0.2) is 4.79 Å². The fourth-order valence-corrected chi connectivity index (χ4v) is 1.44. The van der Waals surface area contributed by atoms with Crippen molar-refractivity contribution >= 4 is 5.97 Å². The number of aliphatic carboxylic acids is 1. The molecule has 0 fully saturated rings. The summed E-state index contributed by atoms with van der Waals surface area (Å²) in [6.07, 6.45) is 4.90. The van der Waals surface area contributed by atoms with Crippen LogP contribution < -0.4 is 5.32 Å². The molecule has 1 heterocycles. The third kappa shape index (κ3) is 5.26. The maximum Gasteiger partial charge on any atom is 0.331 e. The van der Waals surface area contributed by atoms with Crippen LogP contribution in [0.15, 0.2) is 36.0 Å². The predicted octanol–water partition coefficient (Wildman–Crippen LogP) is 1.63. The Kier molecular flexibility index (Phi) is 5.96. The summed E-state index contributed by atoms with van der Waals surface area (Å²) >= 11 is 0. The van der Waals surface area contributed by atoms with Crippen LogP contribution in [0.5, 0.6) is 0 Å². The molecule has 0 spiro atoms. The number of nitrogens with zero attached hydrogens (tertiary/aromatic N) is 1. The molecule has 1 aromatic rings. The second-order valence-electron chi connectivity index (χ2n) is 3.66. The number of pyridine rings is 1. The summed E-state index contributed by atoms with van der Waals surface area (Å²) in [4.78, 5) is 14.9. The van der Waals surface area contributed by atoms with Gasteiger partial charge in [0.15, 0.2) is 0 Å². The van der Waals surface area contributed by atoms with E-state index in [0.29, 0.717) is 18.5 Å². The highest BCUT2D eigenvalue weighted by Gasteiger charge is 2.02. The normalized spacial score (nSPS) is 11.5. The highest BCUT2D eigenvalue weighted by molar-refractivity contribution is 5.86. The number of hydrogen-bond acceptors (Lipinski definition) is 3. The van der Waals surface area contributed by atoms with Gasteiger partial charge >= 0.3 is 5.97 Å². The van der Waals surface area contributed by atoms with Gasteiger partial charge in [0.1, 0.15) is 0 Å². The van der Waals surface area contributed by atoms with E-state index in [4.69, 9.17) is 5.11 Å². The van der Waals surface area contributed by atoms with Gasteiger partial charge in [0, 0.05) is 37.0 Å². The fourth-order valence-electron chi connectivity index (χ4n) is 1.44. The van der Waals surface area contributed by atoms with Gasteiger partial charge in [0.25, 0.3) is 0 Å². The lowest BCUT2D eigenvalue weighted by molar-refractivity contribution is -0.132. The lowest BCUT2D eigenvalue weighted by atomic mass is 10.2. The number of aromatic nitrogens is 1. The van der Waals surface area contributed by atoms with Crippen LogP contribution >= 0.6 is 0 Å². The van der Waals surface area contributed by atoms with Crippen molar-refractivity contribution in [3.63, 3.8) is 0 Å². The van der Waals surface area contributed by atoms with Crippen molar-refractivity contribution in [3.05, 3.63) is 41.7 Å². The Labute approximate surface area is 101 Å². The van der Waals surface area contributed by atoms with Gasteiger partial charge in [0.05, 0.1) is 0 Å². The molecule has 0 aliphatic heterocycles. The predicted molar refractivity (Wildman–Crippen MR) is 66.8 cm³/mol. The van der Waals surface area contributed by atoms with Crippen molar-refractivity contribution in [2.24, 2.45) is 0 Å². The van der Waals surface area contributed by atoms with Crippen LogP contribution in [-0.4, -0.2) is 29.1 Å². The molecule has 0 aliphatic carbocycles. The van der Waals surface area contributed by atoms with Crippen molar-refractivity contribution in [1.82, 2.24) is 10.3 Å². The number of hydrogen-bond donors (Lipinski definition) is 2. The Morgan fingerprint density at radius 1 is 1.53 bits per heavy atom. The minimum Gasteiger partial charge on any atom is -0.478 e. The molecule has 0 amide bonds. The molecule has 92 valence electrons. The van der Waals surface area contributed by atoms with E-state index in [2.05, 4.69) is 10.3 Å². The zero-order chi connectivity index (χ0) is 12.5. The van der Waals surface area contributed by atoms with Gasteiger partial charge in [-0.15, -0.1) is 0 Å². The Morgan fingerprint density at radius 2 is 2.35 bits per heavy atom. The Morgan fingerprint density at radius 3 is 2.94 bits per heavy atom. The summed E-state index contributed by atoms with van der Waals surface area (Å²) in [5.41, 5.74) is 1.49. The monoisotopic (exact) mass is 234 g/mol. The molecule has 2 N–H and O–H groups in total. The Bertz CT molecular complexity index is 374. The minimum absolute atomic E-state index is 0.454. The van der Waals surface area contributed by atoms with E-state index in [1.807, 2.05) is 25.1 Å². The number of carbonyl (C=O) groups is 1. The van der Waals surface area contributed by atoms with E-state index in [0.717, 1.165) is 18.7 Å². The Hall–Kier alpha value is -1.68. The van der Waals surface area contributed by atoms with Crippen LogP contribution in [0.25, 0.3) is 0 Å². The van der Waals surface area contributed by atoms with Crippen molar-refractivity contribution < 1.29 is 9.90 Å². The summed E-state index contributed by atoms with van der Waals surface area (Å²) < 4.78 is 0. The molecule has 0 aliphatic rings. The fraction of sp³-hybridized carbons (Fsp3) is 0.385. The smallest absolute Gasteiger partial charge is 0.331 e. The molecular formula is C13H18N2O2. The molecule has 0 saturated heterocycles. The average molecular weight is 234 g/mol. The highest BCUT2D eigenvalue weighted by atomic mass is 16.4. The third-order valence-corrected chi connectivity index (χ3v) is 2.43. The third-order valence-electron chi connectivity index (χ3n) is 2.43. The first-order valence-electron chi connectivity index (χ1n) is 5.77. The number of rotatable bonds is 7. The van der Waals surface area contributed by atoms with Crippen LogP contribution in [0.2, 0.25) is 0 Å². The first-order valence-corrected chi connectivity index (χ1v) is 5.77. The summed E-state index contributed by atoms with van der Waals surface area (Å²) in [5.74, 6) is -0.834. The van der Waals surface area contributed by atoms with E-state index in [1.165, 1.54) is 0 Å². The molecule has 1 aromatic heterocycles. The molecule has 0 bridgehead atoms. The second kappa shape index (κ2) is 7.57. The van der Waals surface area contributed by atoms with Crippen LogP contribution in [0, 0.1) is 0 Å². The molecule has 0 saturated carbocycles. The maximum absolute atomic E-state index is 10.7. The SMILES string of the molecule is CC/C(=C/CNCCc1ccccn1)C(=O)O. The van der Waals surface area contributed by atoms with E-state index < -0.39 is 5.97 Å². The zero-order valence-corrected chi connectivity index (χ0v) is 10.0. The molecule has 0 radical (unpaired) electrons. The summed E-state index contributed by atoms with van der Waals surface area (Å²) in [6, 6.07) is 5.83. The van der Waals surface area contributed by atoms with Crippen molar-refractivity contribution in [2.45, 2.75) is 19.8 Å². The van der Waals surface area contributed by atoms with E-state index in [-0.39, 0.29) is 0 Å². The van der Waals surface area contributed by atoms with Gasteiger partial charge < -0.3 is 10.4 Å². The minimum atomic E-state index is -0.834. The molecule has 0 aromatic carbocycles. The van der Waals surface area contributed by atoms with Crippen molar-refractivity contribution in [1.29, 1.82) is 0 Å². The Balaban J connectivity index is 2.23. The van der Waals surface area contributed by atoms with Gasteiger partial charge in [0.2, 0.25) is 0 Å². The second-order valence-corrected chi connectivity index (χ2v) is 3.66. The summed E-state index contributed by atoms with van der Waals surface area (Å²) in [7, 11) is 0.